The van der Waals surface area contributed by atoms with Gasteiger partial charge in [0.15, 0.2) is 0 Å². The Morgan fingerprint density at radius 1 is 1.08 bits per heavy atom. The van der Waals surface area contributed by atoms with Crippen LogP contribution in [0.3, 0.4) is 0 Å². The Balaban J connectivity index is 1.66. The summed E-state index contributed by atoms with van der Waals surface area (Å²) < 4.78 is 0. The van der Waals surface area contributed by atoms with Crippen molar-refractivity contribution >= 4 is 0 Å². The van der Waals surface area contributed by atoms with E-state index >= 15 is 0 Å². The van der Waals surface area contributed by atoms with Crippen LogP contribution in [-0.2, 0) is 12.0 Å². The molecule has 3 nitrogen and oxygen atoms in total. The van der Waals surface area contributed by atoms with Crippen LogP contribution in [0.1, 0.15) is 42.5 Å². The Labute approximate surface area is 157 Å². The zero-order valence-corrected chi connectivity index (χ0v) is 16.2. The second-order valence-corrected chi connectivity index (χ2v) is 7.72. The zero-order chi connectivity index (χ0) is 18.6. The lowest BCUT2D eigenvalue weighted by Gasteiger charge is -2.37. The van der Waals surface area contributed by atoms with Crippen LogP contribution in [0.2, 0.25) is 0 Å². The Kier molecular flexibility index (Phi) is 5.76. The highest BCUT2D eigenvalue weighted by Gasteiger charge is 2.36. The molecule has 2 aromatic rings. The van der Waals surface area contributed by atoms with E-state index < -0.39 is 0 Å². The van der Waals surface area contributed by atoms with Gasteiger partial charge in [0.2, 0.25) is 0 Å². The van der Waals surface area contributed by atoms with Crippen molar-refractivity contribution in [3.8, 4) is 6.07 Å². The van der Waals surface area contributed by atoms with Gasteiger partial charge < -0.3 is 4.90 Å². The lowest BCUT2D eigenvalue weighted by molar-refractivity contribution is 0.179. The van der Waals surface area contributed by atoms with Crippen LogP contribution in [-0.4, -0.2) is 37.0 Å². The summed E-state index contributed by atoms with van der Waals surface area (Å²) in [6.45, 7) is 5.14. The minimum absolute atomic E-state index is 0.320. The maximum Gasteiger partial charge on any atom is 0.0846 e. The molecular formula is C23H29N3. The largest absolute Gasteiger partial charge is 0.303 e. The molecule has 0 bridgehead atoms. The quantitative estimate of drug-likeness (QED) is 0.805. The number of nitrogens with zero attached hydrogens (tertiary/aromatic N) is 3. The lowest BCUT2D eigenvalue weighted by atomic mass is 9.74. The van der Waals surface area contributed by atoms with Gasteiger partial charge in [-0.3, -0.25) is 4.90 Å². The van der Waals surface area contributed by atoms with Crippen molar-refractivity contribution in [2.45, 2.75) is 37.8 Å². The standard InChI is InChI=1S/C23H29N3/c1-19(25(2)3)21-9-7-8-20(16-21)17-26-14-12-23(18-24,13-15-26)22-10-5-4-6-11-22/h4-11,16,19H,12-15,17H2,1-3H3. The van der Waals surface area contributed by atoms with Crippen LogP contribution in [0.15, 0.2) is 54.6 Å². The SMILES string of the molecule is CC(c1cccc(CN2CCC(C#N)(c3ccccc3)CC2)c1)N(C)C. The average molecular weight is 348 g/mol. The highest BCUT2D eigenvalue weighted by molar-refractivity contribution is 5.33. The van der Waals surface area contributed by atoms with Crippen molar-refractivity contribution in [2.75, 3.05) is 27.2 Å². The van der Waals surface area contributed by atoms with Gasteiger partial charge in [-0.05, 0) is 50.6 Å². The number of benzene rings is 2. The molecule has 1 atom stereocenters. The molecule has 0 saturated carbocycles. The van der Waals surface area contributed by atoms with E-state index in [-0.39, 0.29) is 5.41 Å². The first-order valence-corrected chi connectivity index (χ1v) is 9.48. The number of piperidine rings is 1. The molecule has 136 valence electrons. The van der Waals surface area contributed by atoms with Gasteiger partial charge in [-0.25, -0.2) is 0 Å². The van der Waals surface area contributed by atoms with E-state index in [0.717, 1.165) is 32.5 Å². The third-order valence-corrected chi connectivity index (χ3v) is 5.86. The molecule has 3 heteroatoms. The summed E-state index contributed by atoms with van der Waals surface area (Å²) in [6, 6.07) is 22.3. The summed E-state index contributed by atoms with van der Waals surface area (Å²) in [4.78, 5) is 4.72. The number of rotatable bonds is 5. The summed E-state index contributed by atoms with van der Waals surface area (Å²) in [6.07, 6.45) is 1.81. The molecule has 2 aromatic carbocycles. The van der Waals surface area contributed by atoms with Gasteiger partial charge in [0.25, 0.3) is 0 Å². The van der Waals surface area contributed by atoms with Crippen LogP contribution < -0.4 is 0 Å². The van der Waals surface area contributed by atoms with Crippen molar-refractivity contribution in [1.82, 2.24) is 9.80 Å². The molecule has 0 N–H and O–H groups in total. The van der Waals surface area contributed by atoms with Gasteiger partial charge >= 0.3 is 0 Å². The highest BCUT2D eigenvalue weighted by Crippen LogP contribution is 2.35. The Bertz CT molecular complexity index is 753. The second-order valence-electron chi connectivity index (χ2n) is 7.72. The fraction of sp³-hybridized carbons (Fsp3) is 0.435. The molecule has 1 aliphatic heterocycles. The van der Waals surface area contributed by atoms with Crippen molar-refractivity contribution in [3.63, 3.8) is 0 Å². The number of likely N-dealkylation sites (tertiary alicyclic amines) is 1. The average Bonchev–Trinajstić information content (AvgIpc) is 2.69. The summed E-state index contributed by atoms with van der Waals surface area (Å²) in [5.74, 6) is 0. The first-order chi connectivity index (χ1) is 12.5. The van der Waals surface area contributed by atoms with Crippen molar-refractivity contribution in [2.24, 2.45) is 0 Å². The van der Waals surface area contributed by atoms with Gasteiger partial charge in [-0.1, -0.05) is 54.6 Å². The van der Waals surface area contributed by atoms with Crippen molar-refractivity contribution < 1.29 is 0 Å². The molecule has 0 aliphatic carbocycles. The second kappa shape index (κ2) is 8.03. The van der Waals surface area contributed by atoms with Crippen molar-refractivity contribution in [3.05, 3.63) is 71.3 Å². The maximum absolute atomic E-state index is 9.85. The minimum atomic E-state index is -0.320. The van der Waals surface area contributed by atoms with E-state index in [4.69, 9.17) is 0 Å². The van der Waals surface area contributed by atoms with Crippen LogP contribution in [0, 0.1) is 11.3 Å². The fourth-order valence-electron chi connectivity index (χ4n) is 3.82. The van der Waals surface area contributed by atoms with E-state index in [0.29, 0.717) is 6.04 Å². The highest BCUT2D eigenvalue weighted by atomic mass is 15.1. The van der Waals surface area contributed by atoms with E-state index in [1.165, 1.54) is 16.7 Å². The molecule has 0 amide bonds. The first-order valence-electron chi connectivity index (χ1n) is 9.48. The zero-order valence-electron chi connectivity index (χ0n) is 16.2. The molecular weight excluding hydrogens is 318 g/mol. The fourth-order valence-corrected chi connectivity index (χ4v) is 3.82. The van der Waals surface area contributed by atoms with Crippen LogP contribution >= 0.6 is 0 Å². The van der Waals surface area contributed by atoms with Crippen LogP contribution in [0.5, 0.6) is 0 Å². The van der Waals surface area contributed by atoms with Gasteiger partial charge in [-0.2, -0.15) is 5.26 Å². The summed E-state index contributed by atoms with van der Waals surface area (Å²) in [5.41, 5.74) is 3.57. The predicted octanol–water partition coefficient (Wildman–Crippen LogP) is 4.37. The van der Waals surface area contributed by atoms with Gasteiger partial charge in [0, 0.05) is 25.7 Å². The predicted molar refractivity (Wildman–Crippen MR) is 107 cm³/mol. The van der Waals surface area contributed by atoms with Crippen molar-refractivity contribution in [1.29, 1.82) is 5.26 Å². The number of hydrogen-bond acceptors (Lipinski definition) is 3. The summed E-state index contributed by atoms with van der Waals surface area (Å²) in [7, 11) is 4.24. The minimum Gasteiger partial charge on any atom is -0.303 e. The van der Waals surface area contributed by atoms with Crippen LogP contribution in [0.25, 0.3) is 0 Å². The maximum atomic E-state index is 9.85. The first kappa shape index (κ1) is 18.6. The number of hydrogen-bond donors (Lipinski definition) is 0. The van der Waals surface area contributed by atoms with Gasteiger partial charge in [-0.15, -0.1) is 0 Å². The Hall–Kier alpha value is -2.15. The molecule has 26 heavy (non-hydrogen) atoms. The molecule has 1 fully saturated rings. The van der Waals surface area contributed by atoms with E-state index in [2.05, 4.69) is 73.3 Å². The topological polar surface area (TPSA) is 30.3 Å². The summed E-state index contributed by atoms with van der Waals surface area (Å²) >= 11 is 0. The molecule has 0 aromatic heterocycles. The Morgan fingerprint density at radius 2 is 1.77 bits per heavy atom. The third-order valence-electron chi connectivity index (χ3n) is 5.86. The third kappa shape index (κ3) is 3.98. The van der Waals surface area contributed by atoms with E-state index in [9.17, 15) is 5.26 Å². The van der Waals surface area contributed by atoms with E-state index in [1.807, 2.05) is 18.2 Å². The molecule has 1 saturated heterocycles. The monoisotopic (exact) mass is 347 g/mol. The Morgan fingerprint density at radius 3 is 2.38 bits per heavy atom. The molecule has 1 unspecified atom stereocenters. The number of nitriles is 1. The smallest absolute Gasteiger partial charge is 0.0846 e. The van der Waals surface area contributed by atoms with Gasteiger partial charge in [0.1, 0.15) is 0 Å². The normalized spacial score (nSPS) is 18.4. The molecule has 1 aliphatic rings. The lowest BCUT2D eigenvalue weighted by Crippen LogP contribution is -2.41. The molecule has 0 radical (unpaired) electrons. The molecule has 1 heterocycles. The summed E-state index contributed by atoms with van der Waals surface area (Å²) in [5, 5.41) is 9.85. The molecule has 0 spiro atoms. The van der Waals surface area contributed by atoms with E-state index in [1.54, 1.807) is 0 Å². The van der Waals surface area contributed by atoms with Gasteiger partial charge in [0.05, 0.1) is 11.5 Å². The molecule has 3 rings (SSSR count). The van der Waals surface area contributed by atoms with Crippen LogP contribution in [0.4, 0.5) is 0 Å².